The smallest absolute Gasteiger partial charge is 0.388 e. The molecule has 6 nitrogen and oxygen atoms in total. The van der Waals surface area contributed by atoms with Crippen LogP contribution in [0.3, 0.4) is 0 Å². The zero-order valence-corrected chi connectivity index (χ0v) is 19.4. The van der Waals surface area contributed by atoms with Gasteiger partial charge in [-0.15, -0.1) is 0 Å². The standard InChI is InChI=1S/C24H32F2N4O2/c1-16(2)18-8-6-7-9-19(18)24(14-30(15-24)13-12-29(4)5)22(31)28-20-11-10-17(3)27-21(20)32-23(25)26/h6-11,16,23H,12-15H2,1-5H3,(H,28,31). The fraction of sp³-hybridized carbons (Fsp3) is 0.500. The van der Waals surface area contributed by atoms with Crippen molar-refractivity contribution >= 4 is 11.6 Å². The van der Waals surface area contributed by atoms with Gasteiger partial charge in [0.25, 0.3) is 0 Å². The first-order chi connectivity index (χ1) is 15.1. The van der Waals surface area contributed by atoms with Crippen LogP contribution >= 0.6 is 0 Å². The van der Waals surface area contributed by atoms with E-state index >= 15 is 0 Å². The lowest BCUT2D eigenvalue weighted by Crippen LogP contribution is -2.66. The lowest BCUT2D eigenvalue weighted by molar-refractivity contribution is -0.128. The van der Waals surface area contributed by atoms with Gasteiger partial charge in [-0.1, -0.05) is 38.1 Å². The molecule has 0 bridgehead atoms. The minimum atomic E-state index is -3.03. The Labute approximate surface area is 188 Å². The van der Waals surface area contributed by atoms with E-state index in [1.165, 1.54) is 0 Å². The number of nitrogens with one attached hydrogen (secondary N) is 1. The van der Waals surface area contributed by atoms with Gasteiger partial charge in [-0.2, -0.15) is 8.78 Å². The Hall–Kier alpha value is -2.58. The SMILES string of the molecule is Cc1ccc(NC(=O)C2(c3ccccc3C(C)C)CN(CCN(C)C)C2)c(OC(F)F)n1. The summed E-state index contributed by atoms with van der Waals surface area (Å²) in [5, 5.41) is 2.84. The van der Waals surface area contributed by atoms with Gasteiger partial charge in [0.15, 0.2) is 0 Å². The van der Waals surface area contributed by atoms with Gasteiger partial charge in [-0.25, -0.2) is 4.98 Å². The first kappa shape index (κ1) is 24.1. The topological polar surface area (TPSA) is 57.7 Å². The van der Waals surface area contributed by atoms with Crippen LogP contribution in [0, 0.1) is 6.92 Å². The number of ether oxygens (including phenoxy) is 1. The number of pyridine rings is 1. The fourth-order valence-electron chi connectivity index (χ4n) is 4.13. The molecule has 2 heterocycles. The summed E-state index contributed by atoms with van der Waals surface area (Å²) in [5.41, 5.74) is 1.98. The summed E-state index contributed by atoms with van der Waals surface area (Å²) in [6.45, 7) is 5.70. The zero-order valence-electron chi connectivity index (χ0n) is 19.4. The van der Waals surface area contributed by atoms with Gasteiger partial charge in [0.2, 0.25) is 11.8 Å². The molecule has 1 fully saturated rings. The number of nitrogens with zero attached hydrogens (tertiary/aromatic N) is 3. The molecule has 1 aromatic carbocycles. The van der Waals surface area contributed by atoms with Crippen LogP contribution in [0.5, 0.6) is 5.88 Å². The van der Waals surface area contributed by atoms with Crippen LogP contribution in [-0.4, -0.2) is 67.6 Å². The van der Waals surface area contributed by atoms with Gasteiger partial charge in [0.1, 0.15) is 5.69 Å². The van der Waals surface area contributed by atoms with Gasteiger partial charge in [0.05, 0.1) is 5.41 Å². The monoisotopic (exact) mass is 446 g/mol. The average Bonchev–Trinajstić information content (AvgIpc) is 2.68. The molecule has 0 spiro atoms. The molecule has 1 aliphatic heterocycles. The molecule has 0 atom stereocenters. The molecule has 32 heavy (non-hydrogen) atoms. The number of anilines is 1. The normalized spacial score (nSPS) is 15.8. The maximum absolute atomic E-state index is 13.7. The van der Waals surface area contributed by atoms with E-state index in [2.05, 4.69) is 44.8 Å². The van der Waals surface area contributed by atoms with Gasteiger partial charge in [-0.3, -0.25) is 9.69 Å². The number of benzene rings is 1. The van der Waals surface area contributed by atoms with Gasteiger partial charge >= 0.3 is 6.61 Å². The highest BCUT2D eigenvalue weighted by atomic mass is 19.3. The summed E-state index contributed by atoms with van der Waals surface area (Å²) in [6.07, 6.45) is 0. The first-order valence-electron chi connectivity index (χ1n) is 10.8. The Morgan fingerprint density at radius 3 is 2.53 bits per heavy atom. The molecule has 0 saturated carbocycles. The van der Waals surface area contributed by atoms with Crippen molar-refractivity contribution in [1.29, 1.82) is 0 Å². The minimum Gasteiger partial charge on any atom is -0.415 e. The second-order valence-corrected chi connectivity index (χ2v) is 8.98. The summed E-state index contributed by atoms with van der Waals surface area (Å²) in [6, 6.07) is 11.2. The average molecular weight is 447 g/mol. The zero-order chi connectivity index (χ0) is 23.5. The Kier molecular flexibility index (Phi) is 7.46. The highest BCUT2D eigenvalue weighted by molar-refractivity contribution is 6.01. The molecule has 174 valence electrons. The number of amides is 1. The minimum absolute atomic E-state index is 0.147. The molecule has 1 N–H and O–H groups in total. The van der Waals surface area contributed by atoms with Crippen LogP contribution in [-0.2, 0) is 10.2 Å². The van der Waals surface area contributed by atoms with Crippen molar-refractivity contribution in [1.82, 2.24) is 14.8 Å². The van der Waals surface area contributed by atoms with Gasteiger partial charge in [0, 0.05) is 31.9 Å². The van der Waals surface area contributed by atoms with Gasteiger partial charge in [-0.05, 0) is 50.2 Å². The second kappa shape index (κ2) is 9.92. The molecular formula is C24H32F2N4O2. The number of hydrogen-bond donors (Lipinski definition) is 1. The van der Waals surface area contributed by atoms with Gasteiger partial charge < -0.3 is 15.0 Å². The van der Waals surface area contributed by atoms with Crippen molar-refractivity contribution in [3.05, 3.63) is 53.2 Å². The van der Waals surface area contributed by atoms with Crippen molar-refractivity contribution in [3.8, 4) is 5.88 Å². The predicted octanol–water partition coefficient (Wildman–Crippen LogP) is 3.87. The summed E-state index contributed by atoms with van der Waals surface area (Å²) >= 11 is 0. The lowest BCUT2D eigenvalue weighted by Gasteiger charge is -2.50. The molecule has 8 heteroatoms. The largest absolute Gasteiger partial charge is 0.415 e. The van der Waals surface area contributed by atoms with Crippen LogP contribution in [0.1, 0.15) is 36.6 Å². The van der Waals surface area contributed by atoms with Crippen LogP contribution in [0.4, 0.5) is 14.5 Å². The van der Waals surface area contributed by atoms with Crippen molar-refractivity contribution in [2.24, 2.45) is 0 Å². The second-order valence-electron chi connectivity index (χ2n) is 8.98. The number of aromatic nitrogens is 1. The van der Waals surface area contributed by atoms with E-state index in [0.29, 0.717) is 18.8 Å². The number of alkyl halides is 2. The summed E-state index contributed by atoms with van der Waals surface area (Å²) in [7, 11) is 4.03. The Bertz CT molecular complexity index is 943. The molecule has 3 rings (SSSR count). The Morgan fingerprint density at radius 2 is 1.91 bits per heavy atom. The van der Waals surface area contributed by atoms with Crippen molar-refractivity contribution in [3.63, 3.8) is 0 Å². The maximum Gasteiger partial charge on any atom is 0.388 e. The van der Waals surface area contributed by atoms with Crippen molar-refractivity contribution < 1.29 is 18.3 Å². The van der Waals surface area contributed by atoms with Crippen molar-refractivity contribution in [2.45, 2.75) is 38.7 Å². The number of hydrogen-bond acceptors (Lipinski definition) is 5. The van der Waals surface area contributed by atoms with E-state index in [1.54, 1.807) is 19.1 Å². The third-order valence-corrected chi connectivity index (χ3v) is 5.83. The Morgan fingerprint density at radius 1 is 1.22 bits per heavy atom. The first-order valence-corrected chi connectivity index (χ1v) is 10.8. The van der Waals surface area contributed by atoms with E-state index in [1.807, 2.05) is 32.3 Å². The molecule has 1 amide bonds. The summed E-state index contributed by atoms with van der Waals surface area (Å²) in [4.78, 5) is 22.1. The van der Waals surface area contributed by atoms with E-state index in [0.717, 1.165) is 24.2 Å². The van der Waals surface area contributed by atoms with Crippen LogP contribution in [0.2, 0.25) is 0 Å². The quantitative estimate of drug-likeness (QED) is 0.634. The molecule has 1 saturated heterocycles. The van der Waals surface area contributed by atoms with E-state index in [9.17, 15) is 13.6 Å². The number of likely N-dealkylation sites (tertiary alicyclic amines) is 1. The van der Waals surface area contributed by atoms with E-state index in [4.69, 9.17) is 0 Å². The van der Waals surface area contributed by atoms with E-state index in [-0.39, 0.29) is 23.4 Å². The number of likely N-dealkylation sites (N-methyl/N-ethyl adjacent to an activating group) is 1. The third-order valence-electron chi connectivity index (χ3n) is 5.83. The lowest BCUT2D eigenvalue weighted by atomic mass is 9.69. The van der Waals surface area contributed by atoms with Crippen LogP contribution in [0.15, 0.2) is 36.4 Å². The number of carbonyl (C=O) groups excluding carboxylic acids is 1. The predicted molar refractivity (Wildman–Crippen MR) is 121 cm³/mol. The number of rotatable bonds is 9. The molecule has 0 unspecified atom stereocenters. The maximum atomic E-state index is 13.7. The number of carbonyl (C=O) groups is 1. The third kappa shape index (κ3) is 5.24. The summed E-state index contributed by atoms with van der Waals surface area (Å²) in [5.74, 6) is -0.272. The molecule has 1 aromatic heterocycles. The molecule has 2 aromatic rings. The van der Waals surface area contributed by atoms with Crippen LogP contribution < -0.4 is 10.1 Å². The molecule has 0 radical (unpaired) electrons. The summed E-state index contributed by atoms with van der Waals surface area (Å²) < 4.78 is 30.4. The molecule has 1 aliphatic rings. The van der Waals surface area contributed by atoms with Crippen LogP contribution in [0.25, 0.3) is 0 Å². The fourth-order valence-corrected chi connectivity index (χ4v) is 4.13. The Balaban J connectivity index is 1.93. The molecule has 0 aliphatic carbocycles. The molecular weight excluding hydrogens is 414 g/mol. The highest BCUT2D eigenvalue weighted by Gasteiger charge is 2.51. The number of aryl methyl sites for hydroxylation is 1. The van der Waals surface area contributed by atoms with Crippen molar-refractivity contribution in [2.75, 3.05) is 45.6 Å². The highest BCUT2D eigenvalue weighted by Crippen LogP contribution is 2.40. The van der Waals surface area contributed by atoms with E-state index < -0.39 is 12.0 Å². The number of halogens is 2.